The first kappa shape index (κ1) is 9.87. The fourth-order valence-electron chi connectivity index (χ4n) is 1.34. The van der Waals surface area contributed by atoms with E-state index in [4.69, 9.17) is 11.6 Å². The first-order chi connectivity index (χ1) is 6.59. The van der Waals surface area contributed by atoms with Crippen LogP contribution in [0.5, 0.6) is 0 Å². The predicted octanol–water partition coefficient (Wildman–Crippen LogP) is 4.10. The highest BCUT2D eigenvalue weighted by Crippen LogP contribution is 2.30. The molecule has 1 heterocycles. The summed E-state index contributed by atoms with van der Waals surface area (Å²) < 4.78 is 14.2. The van der Waals surface area contributed by atoms with Crippen molar-refractivity contribution < 1.29 is 4.39 Å². The molecule has 1 nitrogen and oxygen atoms in total. The zero-order valence-electron chi connectivity index (χ0n) is 7.31. The Morgan fingerprint density at radius 2 is 2.14 bits per heavy atom. The average molecular weight is 275 g/mol. The van der Waals surface area contributed by atoms with Crippen LogP contribution < -0.4 is 0 Å². The Hall–Kier alpha value is -0.670. The third kappa shape index (κ3) is 1.51. The number of halogens is 3. The van der Waals surface area contributed by atoms with E-state index in [1.54, 1.807) is 12.1 Å². The number of fused-ring (bicyclic) bond motifs is 1. The normalized spacial score (nSPS) is 10.9. The van der Waals surface area contributed by atoms with Crippen molar-refractivity contribution in [1.29, 1.82) is 0 Å². The van der Waals surface area contributed by atoms with Gasteiger partial charge in [0.15, 0.2) is 0 Å². The Morgan fingerprint density at radius 1 is 1.43 bits per heavy atom. The molecule has 0 aliphatic heterocycles. The fraction of sp³-hybridized carbons (Fsp3) is 0.100. The molecule has 0 aliphatic rings. The maximum atomic E-state index is 13.4. The quantitative estimate of drug-likeness (QED) is 0.705. The highest BCUT2D eigenvalue weighted by atomic mass is 79.9. The lowest BCUT2D eigenvalue weighted by Crippen LogP contribution is -1.89. The number of benzene rings is 1. The predicted molar refractivity (Wildman–Crippen MR) is 59.1 cm³/mol. The first-order valence-corrected chi connectivity index (χ1v) is 5.17. The van der Waals surface area contributed by atoms with E-state index in [9.17, 15) is 4.39 Å². The third-order valence-electron chi connectivity index (χ3n) is 1.94. The van der Waals surface area contributed by atoms with Crippen molar-refractivity contribution in [1.82, 2.24) is 4.98 Å². The second-order valence-corrected chi connectivity index (χ2v) is 4.26. The van der Waals surface area contributed by atoms with Crippen molar-refractivity contribution in [3.8, 4) is 0 Å². The average Bonchev–Trinajstić information content (AvgIpc) is 2.10. The van der Waals surface area contributed by atoms with Crippen molar-refractivity contribution in [2.45, 2.75) is 6.92 Å². The third-order valence-corrected chi connectivity index (χ3v) is 2.88. The van der Waals surface area contributed by atoms with E-state index in [2.05, 4.69) is 20.9 Å². The van der Waals surface area contributed by atoms with Crippen LogP contribution in [0.25, 0.3) is 10.9 Å². The Kier molecular flexibility index (Phi) is 2.45. The van der Waals surface area contributed by atoms with Crippen LogP contribution in [0.2, 0.25) is 5.02 Å². The van der Waals surface area contributed by atoms with Gasteiger partial charge in [-0.1, -0.05) is 11.6 Å². The van der Waals surface area contributed by atoms with Crippen LogP contribution >= 0.6 is 27.5 Å². The Morgan fingerprint density at radius 3 is 2.86 bits per heavy atom. The largest absolute Gasteiger partial charge is 0.252 e. The lowest BCUT2D eigenvalue weighted by Gasteiger charge is -2.04. The maximum absolute atomic E-state index is 13.4. The van der Waals surface area contributed by atoms with Crippen LogP contribution in [0, 0.1) is 12.7 Å². The number of nitrogens with zero attached hydrogens (tertiary/aromatic N) is 1. The first-order valence-electron chi connectivity index (χ1n) is 4.00. The lowest BCUT2D eigenvalue weighted by atomic mass is 10.2. The summed E-state index contributed by atoms with van der Waals surface area (Å²) in [6, 6.07) is 4.65. The molecule has 2 aromatic rings. The van der Waals surface area contributed by atoms with Crippen LogP contribution in [0.4, 0.5) is 4.39 Å². The molecule has 4 heteroatoms. The van der Waals surface area contributed by atoms with Gasteiger partial charge < -0.3 is 0 Å². The molecular formula is C10H6BrClFN. The van der Waals surface area contributed by atoms with Gasteiger partial charge in [0.1, 0.15) is 5.82 Å². The standard InChI is InChI=1S/C10H6BrClFN/c1-5-4-7(12)9-8(13)3-2-6(11)10(9)14-5/h2-4H,1H3. The Bertz CT molecular complexity index is 513. The van der Waals surface area contributed by atoms with Crippen LogP contribution in [0.1, 0.15) is 5.69 Å². The molecule has 0 radical (unpaired) electrons. The molecule has 0 spiro atoms. The van der Waals surface area contributed by atoms with E-state index in [0.29, 0.717) is 15.9 Å². The van der Waals surface area contributed by atoms with Crippen molar-refractivity contribution in [3.63, 3.8) is 0 Å². The molecule has 0 bridgehead atoms. The summed E-state index contributed by atoms with van der Waals surface area (Å²) in [5, 5.41) is 0.762. The van der Waals surface area contributed by atoms with Crippen LogP contribution in [-0.4, -0.2) is 4.98 Å². The molecule has 0 fully saturated rings. The number of hydrogen-bond donors (Lipinski definition) is 0. The van der Waals surface area contributed by atoms with Gasteiger partial charge in [0.25, 0.3) is 0 Å². The number of aryl methyl sites for hydroxylation is 1. The summed E-state index contributed by atoms with van der Waals surface area (Å²) in [4.78, 5) is 4.23. The van der Waals surface area contributed by atoms with Crippen molar-refractivity contribution in [2.75, 3.05) is 0 Å². The van der Waals surface area contributed by atoms with Crippen molar-refractivity contribution in [2.24, 2.45) is 0 Å². The van der Waals surface area contributed by atoms with E-state index >= 15 is 0 Å². The summed E-state index contributed by atoms with van der Waals surface area (Å²) in [5.74, 6) is -0.347. The van der Waals surface area contributed by atoms with Crippen LogP contribution in [-0.2, 0) is 0 Å². The van der Waals surface area contributed by atoms with Gasteiger partial charge in [-0.2, -0.15) is 0 Å². The molecule has 0 saturated heterocycles. The van der Waals surface area contributed by atoms with Gasteiger partial charge in [-0.3, -0.25) is 4.98 Å². The number of rotatable bonds is 0. The molecular weight excluding hydrogens is 268 g/mol. The summed E-state index contributed by atoms with van der Waals surface area (Å²) in [7, 11) is 0. The smallest absolute Gasteiger partial charge is 0.134 e. The molecule has 14 heavy (non-hydrogen) atoms. The summed E-state index contributed by atoms with van der Waals surface area (Å²) in [6.45, 7) is 1.82. The molecule has 0 unspecified atom stereocenters. The van der Waals surface area contributed by atoms with Crippen LogP contribution in [0.15, 0.2) is 22.7 Å². The minimum atomic E-state index is -0.347. The molecule has 0 atom stereocenters. The number of pyridine rings is 1. The van der Waals surface area contributed by atoms with E-state index < -0.39 is 0 Å². The van der Waals surface area contributed by atoms with Gasteiger partial charge in [-0.05, 0) is 41.1 Å². The van der Waals surface area contributed by atoms with Crippen molar-refractivity contribution in [3.05, 3.63) is 39.2 Å². The van der Waals surface area contributed by atoms with E-state index in [-0.39, 0.29) is 5.82 Å². The lowest BCUT2D eigenvalue weighted by molar-refractivity contribution is 0.639. The molecule has 0 saturated carbocycles. The minimum absolute atomic E-state index is 0.347. The number of aromatic nitrogens is 1. The topological polar surface area (TPSA) is 12.9 Å². The van der Waals surface area contributed by atoms with Crippen LogP contribution in [0.3, 0.4) is 0 Å². The summed E-state index contributed by atoms with van der Waals surface area (Å²) in [5.41, 5.74) is 1.34. The molecule has 1 aromatic heterocycles. The molecule has 0 aliphatic carbocycles. The fourth-order valence-corrected chi connectivity index (χ4v) is 2.10. The molecule has 1 aromatic carbocycles. The zero-order chi connectivity index (χ0) is 10.3. The highest BCUT2D eigenvalue weighted by Gasteiger charge is 2.09. The molecule has 0 N–H and O–H groups in total. The van der Waals surface area contributed by atoms with Gasteiger partial charge in [-0.25, -0.2) is 4.39 Å². The highest BCUT2D eigenvalue weighted by molar-refractivity contribution is 9.10. The number of hydrogen-bond acceptors (Lipinski definition) is 1. The van der Waals surface area contributed by atoms with Gasteiger partial charge in [0, 0.05) is 10.2 Å². The summed E-state index contributed by atoms with van der Waals surface area (Å²) in [6.07, 6.45) is 0. The van der Waals surface area contributed by atoms with E-state index in [1.165, 1.54) is 6.07 Å². The van der Waals surface area contributed by atoms with Gasteiger partial charge in [0.05, 0.1) is 15.9 Å². The maximum Gasteiger partial charge on any atom is 0.134 e. The molecule has 2 rings (SSSR count). The van der Waals surface area contributed by atoms with E-state index in [0.717, 1.165) is 10.2 Å². The second kappa shape index (κ2) is 3.48. The Balaban J connectivity index is 3.00. The molecule has 72 valence electrons. The van der Waals surface area contributed by atoms with E-state index in [1.807, 2.05) is 6.92 Å². The summed E-state index contributed by atoms with van der Waals surface area (Å²) >= 11 is 9.25. The second-order valence-electron chi connectivity index (χ2n) is 3.00. The zero-order valence-corrected chi connectivity index (χ0v) is 9.66. The monoisotopic (exact) mass is 273 g/mol. The van der Waals surface area contributed by atoms with Gasteiger partial charge in [-0.15, -0.1) is 0 Å². The van der Waals surface area contributed by atoms with Crippen molar-refractivity contribution >= 4 is 38.4 Å². The minimum Gasteiger partial charge on any atom is -0.252 e. The van der Waals surface area contributed by atoms with Gasteiger partial charge in [0.2, 0.25) is 0 Å². The van der Waals surface area contributed by atoms with Gasteiger partial charge >= 0.3 is 0 Å². The molecule has 0 amide bonds. The SMILES string of the molecule is Cc1cc(Cl)c2c(F)ccc(Br)c2n1. The Labute approximate surface area is 94.0 Å².